The lowest BCUT2D eigenvalue weighted by Crippen LogP contribution is -2.41. The predicted octanol–water partition coefficient (Wildman–Crippen LogP) is 1.93. The summed E-state index contributed by atoms with van der Waals surface area (Å²) in [6, 6.07) is 0.242. The van der Waals surface area contributed by atoms with Gasteiger partial charge in [0.2, 0.25) is 0 Å². The molecule has 0 aliphatic heterocycles. The third-order valence-electron chi connectivity index (χ3n) is 3.62. The summed E-state index contributed by atoms with van der Waals surface area (Å²) < 4.78 is 5.85. The van der Waals surface area contributed by atoms with Crippen LogP contribution in [0.15, 0.2) is 0 Å². The summed E-state index contributed by atoms with van der Waals surface area (Å²) in [6.45, 7) is 5.45. The highest BCUT2D eigenvalue weighted by Gasteiger charge is 2.40. The Morgan fingerprint density at radius 2 is 2.00 bits per heavy atom. The van der Waals surface area contributed by atoms with Gasteiger partial charge < -0.3 is 10.5 Å². The molecule has 2 rings (SSSR count). The van der Waals surface area contributed by atoms with Gasteiger partial charge in [0.05, 0.1) is 6.10 Å². The number of ether oxygens (including phenoxy) is 1. The number of hydrogen-bond acceptors (Lipinski definition) is 2. The van der Waals surface area contributed by atoms with E-state index in [0.717, 1.165) is 18.9 Å². The maximum Gasteiger partial charge on any atom is 0.0731 e. The molecule has 0 aromatic heterocycles. The zero-order valence-electron chi connectivity index (χ0n) is 8.75. The van der Waals surface area contributed by atoms with E-state index in [9.17, 15) is 0 Å². The second-order valence-electron chi connectivity index (χ2n) is 5.37. The standard InChI is InChI=1S/C11H21NO/c1-11(2)6-5-9(10(11)12)13-7-8-3-4-8/h8-10H,3-7,12H2,1-2H3. The summed E-state index contributed by atoms with van der Waals surface area (Å²) in [4.78, 5) is 0. The van der Waals surface area contributed by atoms with Crippen molar-refractivity contribution in [1.82, 2.24) is 0 Å². The highest BCUT2D eigenvalue weighted by molar-refractivity contribution is 4.95. The molecule has 0 aromatic carbocycles. The molecule has 0 radical (unpaired) electrons. The summed E-state index contributed by atoms with van der Waals surface area (Å²) in [5.41, 5.74) is 6.42. The third-order valence-corrected chi connectivity index (χ3v) is 3.62. The molecule has 0 bridgehead atoms. The molecule has 2 aliphatic carbocycles. The number of hydrogen-bond donors (Lipinski definition) is 1. The maximum atomic E-state index is 6.14. The number of nitrogens with two attached hydrogens (primary N) is 1. The Kier molecular flexibility index (Phi) is 2.37. The van der Waals surface area contributed by atoms with Gasteiger partial charge in [-0.1, -0.05) is 13.8 Å². The van der Waals surface area contributed by atoms with Gasteiger partial charge >= 0.3 is 0 Å². The fourth-order valence-electron chi connectivity index (χ4n) is 2.09. The minimum Gasteiger partial charge on any atom is -0.376 e. The molecule has 76 valence electrons. The van der Waals surface area contributed by atoms with Crippen LogP contribution in [0.2, 0.25) is 0 Å². The van der Waals surface area contributed by atoms with Crippen molar-refractivity contribution < 1.29 is 4.74 Å². The second-order valence-corrected chi connectivity index (χ2v) is 5.37. The van der Waals surface area contributed by atoms with Gasteiger partial charge in [-0.3, -0.25) is 0 Å². The summed E-state index contributed by atoms with van der Waals surface area (Å²) in [5.74, 6) is 0.857. The Labute approximate surface area is 80.8 Å². The van der Waals surface area contributed by atoms with E-state index >= 15 is 0 Å². The summed E-state index contributed by atoms with van der Waals surface area (Å²) in [5, 5.41) is 0. The molecule has 2 unspecified atom stereocenters. The van der Waals surface area contributed by atoms with E-state index < -0.39 is 0 Å². The first-order valence-electron chi connectivity index (χ1n) is 5.47. The van der Waals surface area contributed by atoms with Gasteiger partial charge in [-0.15, -0.1) is 0 Å². The van der Waals surface area contributed by atoms with E-state index in [0.29, 0.717) is 6.10 Å². The van der Waals surface area contributed by atoms with Crippen molar-refractivity contribution in [2.75, 3.05) is 6.61 Å². The van der Waals surface area contributed by atoms with Crippen LogP contribution in [0.1, 0.15) is 39.5 Å². The summed E-state index contributed by atoms with van der Waals surface area (Å²) in [6.07, 6.45) is 5.43. The van der Waals surface area contributed by atoms with Crippen molar-refractivity contribution in [1.29, 1.82) is 0 Å². The van der Waals surface area contributed by atoms with Crippen LogP contribution in [0.4, 0.5) is 0 Å². The monoisotopic (exact) mass is 183 g/mol. The molecule has 0 aromatic rings. The minimum atomic E-state index is 0.242. The summed E-state index contributed by atoms with van der Waals surface area (Å²) >= 11 is 0. The molecule has 2 nitrogen and oxygen atoms in total. The van der Waals surface area contributed by atoms with Gasteiger partial charge in [0.15, 0.2) is 0 Å². The Morgan fingerprint density at radius 3 is 2.46 bits per heavy atom. The average Bonchev–Trinajstić information content (AvgIpc) is 2.83. The Balaban J connectivity index is 1.79. The minimum absolute atomic E-state index is 0.242. The van der Waals surface area contributed by atoms with Crippen molar-refractivity contribution in [3.8, 4) is 0 Å². The lowest BCUT2D eigenvalue weighted by atomic mass is 9.88. The molecule has 2 N–H and O–H groups in total. The zero-order chi connectivity index (χ0) is 9.47. The number of rotatable bonds is 3. The van der Waals surface area contributed by atoms with Crippen LogP contribution < -0.4 is 5.73 Å². The summed E-state index contributed by atoms with van der Waals surface area (Å²) in [7, 11) is 0. The van der Waals surface area contributed by atoms with Crippen LogP contribution in [0.25, 0.3) is 0 Å². The van der Waals surface area contributed by atoms with Crippen LogP contribution in [0.3, 0.4) is 0 Å². The van der Waals surface area contributed by atoms with E-state index in [1.165, 1.54) is 19.3 Å². The van der Waals surface area contributed by atoms with Crippen molar-refractivity contribution in [3.05, 3.63) is 0 Å². The SMILES string of the molecule is CC1(C)CCC(OCC2CC2)C1N. The van der Waals surface area contributed by atoms with Gasteiger partial charge in [-0.25, -0.2) is 0 Å². The molecule has 2 heteroatoms. The van der Waals surface area contributed by atoms with Crippen LogP contribution in [-0.2, 0) is 4.74 Å². The molecule has 2 saturated carbocycles. The molecule has 13 heavy (non-hydrogen) atoms. The second kappa shape index (κ2) is 3.25. The Bertz CT molecular complexity index is 187. The fraction of sp³-hybridized carbons (Fsp3) is 1.00. The lowest BCUT2D eigenvalue weighted by Gasteiger charge is -2.26. The quantitative estimate of drug-likeness (QED) is 0.725. The Hall–Kier alpha value is -0.0800. The predicted molar refractivity (Wildman–Crippen MR) is 53.5 cm³/mol. The fourth-order valence-corrected chi connectivity index (χ4v) is 2.09. The van der Waals surface area contributed by atoms with Gasteiger partial charge in [-0.05, 0) is 37.0 Å². The zero-order valence-corrected chi connectivity index (χ0v) is 8.75. The molecule has 0 amide bonds. The first kappa shape index (κ1) is 9.47. The molecule has 0 heterocycles. The van der Waals surface area contributed by atoms with Crippen LogP contribution in [0.5, 0.6) is 0 Å². The van der Waals surface area contributed by atoms with Crippen LogP contribution in [0, 0.1) is 11.3 Å². The lowest BCUT2D eigenvalue weighted by molar-refractivity contribution is 0.0312. The van der Waals surface area contributed by atoms with E-state index in [1.54, 1.807) is 0 Å². The molecule has 0 saturated heterocycles. The molecule has 2 aliphatic rings. The van der Waals surface area contributed by atoms with Crippen molar-refractivity contribution in [2.45, 2.75) is 51.7 Å². The smallest absolute Gasteiger partial charge is 0.0731 e. The Morgan fingerprint density at radius 1 is 1.31 bits per heavy atom. The van der Waals surface area contributed by atoms with Gasteiger partial charge in [0, 0.05) is 12.6 Å². The van der Waals surface area contributed by atoms with E-state index in [-0.39, 0.29) is 11.5 Å². The molecule has 2 fully saturated rings. The van der Waals surface area contributed by atoms with Crippen molar-refractivity contribution >= 4 is 0 Å². The highest BCUT2D eigenvalue weighted by Crippen LogP contribution is 2.38. The van der Waals surface area contributed by atoms with Crippen LogP contribution in [-0.4, -0.2) is 18.8 Å². The topological polar surface area (TPSA) is 35.2 Å². The normalized spacial score (nSPS) is 38.1. The first-order valence-corrected chi connectivity index (χ1v) is 5.47. The third kappa shape index (κ3) is 2.05. The van der Waals surface area contributed by atoms with E-state index in [2.05, 4.69) is 13.8 Å². The average molecular weight is 183 g/mol. The van der Waals surface area contributed by atoms with Crippen molar-refractivity contribution in [3.63, 3.8) is 0 Å². The van der Waals surface area contributed by atoms with E-state index in [4.69, 9.17) is 10.5 Å². The maximum absolute atomic E-state index is 6.14. The van der Waals surface area contributed by atoms with Gasteiger partial charge in [0.25, 0.3) is 0 Å². The molecular weight excluding hydrogens is 162 g/mol. The van der Waals surface area contributed by atoms with Gasteiger partial charge in [-0.2, -0.15) is 0 Å². The van der Waals surface area contributed by atoms with Crippen LogP contribution >= 0.6 is 0 Å². The van der Waals surface area contributed by atoms with Crippen molar-refractivity contribution in [2.24, 2.45) is 17.1 Å². The molecule has 2 atom stereocenters. The molecular formula is C11H21NO. The largest absolute Gasteiger partial charge is 0.376 e. The highest BCUT2D eigenvalue weighted by atomic mass is 16.5. The first-order chi connectivity index (χ1) is 6.09. The molecule has 0 spiro atoms. The van der Waals surface area contributed by atoms with E-state index in [1.807, 2.05) is 0 Å². The van der Waals surface area contributed by atoms with Gasteiger partial charge in [0.1, 0.15) is 0 Å².